The van der Waals surface area contributed by atoms with Crippen LogP contribution in [-0.2, 0) is 10.3 Å². The normalized spacial score (nSPS) is 16.7. The van der Waals surface area contributed by atoms with E-state index in [1.807, 2.05) is 64.4 Å². The van der Waals surface area contributed by atoms with E-state index in [-0.39, 0.29) is 18.6 Å². The van der Waals surface area contributed by atoms with Crippen LogP contribution in [-0.4, -0.2) is 70.5 Å². The third-order valence-electron chi connectivity index (χ3n) is 8.11. The van der Waals surface area contributed by atoms with Crippen molar-refractivity contribution in [3.8, 4) is 11.5 Å². The Kier molecular flexibility index (Phi) is 8.00. The molecule has 2 aliphatic rings. The lowest BCUT2D eigenvalue weighted by Gasteiger charge is -2.32. The van der Waals surface area contributed by atoms with Gasteiger partial charge in [0.25, 0.3) is 17.7 Å². The zero-order valence-electron chi connectivity index (χ0n) is 24.7. The summed E-state index contributed by atoms with van der Waals surface area (Å²) in [4.78, 5) is 26.4. The van der Waals surface area contributed by atoms with Crippen LogP contribution in [0.5, 0.6) is 0 Å². The lowest BCUT2D eigenvalue weighted by molar-refractivity contribution is 0.0619. The fourth-order valence-electron chi connectivity index (χ4n) is 5.75. The number of rotatable bonds is 10. The third-order valence-corrected chi connectivity index (χ3v) is 8.11. The largest absolute Gasteiger partial charge is 0.394 e. The smallest absolute Gasteiger partial charge is 0.266 e. The average Bonchev–Trinajstić information content (AvgIpc) is 3.59. The summed E-state index contributed by atoms with van der Waals surface area (Å²) >= 11 is 0. The number of amides is 1. The van der Waals surface area contributed by atoms with Gasteiger partial charge in [0.1, 0.15) is 5.82 Å². The molecule has 0 bridgehead atoms. The maximum absolute atomic E-state index is 13.1. The Bertz CT molecular complexity index is 1580. The summed E-state index contributed by atoms with van der Waals surface area (Å²) in [6.07, 6.45) is 2.58. The molecule has 2 aliphatic heterocycles. The van der Waals surface area contributed by atoms with Crippen LogP contribution in [0.4, 0.5) is 23.1 Å². The Morgan fingerprint density at radius 1 is 1.07 bits per heavy atom. The van der Waals surface area contributed by atoms with Crippen LogP contribution < -0.4 is 15.5 Å². The second-order valence-electron chi connectivity index (χ2n) is 11.3. The van der Waals surface area contributed by atoms with Crippen molar-refractivity contribution in [2.24, 2.45) is 0 Å². The van der Waals surface area contributed by atoms with Gasteiger partial charge < -0.3 is 34.8 Å². The fraction of sp³-hybridized carbons (Fsp3) is 0.375. The Morgan fingerprint density at radius 3 is 2.60 bits per heavy atom. The second-order valence-corrected chi connectivity index (χ2v) is 11.3. The minimum atomic E-state index is -0.412. The molecule has 0 unspecified atom stereocenters. The van der Waals surface area contributed by atoms with E-state index in [1.54, 1.807) is 6.20 Å². The molecule has 1 fully saturated rings. The van der Waals surface area contributed by atoms with E-state index in [1.165, 1.54) is 0 Å². The van der Waals surface area contributed by atoms with Crippen LogP contribution in [0.3, 0.4) is 0 Å². The van der Waals surface area contributed by atoms with Gasteiger partial charge in [-0.1, -0.05) is 37.3 Å². The summed E-state index contributed by atoms with van der Waals surface area (Å²) in [7, 11) is 0. The molecule has 6 rings (SSSR count). The van der Waals surface area contributed by atoms with Crippen molar-refractivity contribution in [3.05, 3.63) is 77.5 Å². The molecule has 11 nitrogen and oxygen atoms in total. The number of pyridine rings is 1. The maximum Gasteiger partial charge on any atom is 0.266 e. The van der Waals surface area contributed by atoms with Crippen LogP contribution in [0, 0.1) is 0 Å². The number of aromatic nitrogens is 3. The van der Waals surface area contributed by atoms with Gasteiger partial charge in [-0.05, 0) is 54.8 Å². The SMILES string of the molecule is CCCN1C(=O)c2ccc(Nc3cc(N[C@H](CO)c4ccccc4)c(-c4nc(N5CCOCC5)no4)cn3)cc2C1(C)C. The molecule has 4 aromatic rings. The minimum Gasteiger partial charge on any atom is -0.394 e. The molecule has 0 aliphatic carbocycles. The Hall–Kier alpha value is -4.48. The number of aliphatic hydroxyl groups is 1. The van der Waals surface area contributed by atoms with Crippen molar-refractivity contribution in [1.29, 1.82) is 0 Å². The zero-order chi connectivity index (χ0) is 30.0. The van der Waals surface area contributed by atoms with Crippen molar-refractivity contribution in [1.82, 2.24) is 20.0 Å². The molecule has 224 valence electrons. The number of nitrogens with zero attached hydrogens (tertiary/aromatic N) is 5. The van der Waals surface area contributed by atoms with Crippen molar-refractivity contribution in [3.63, 3.8) is 0 Å². The first-order valence-corrected chi connectivity index (χ1v) is 14.7. The summed E-state index contributed by atoms with van der Waals surface area (Å²) in [5.74, 6) is 1.47. The number of benzene rings is 2. The lowest BCUT2D eigenvalue weighted by Crippen LogP contribution is -2.39. The van der Waals surface area contributed by atoms with E-state index in [0.29, 0.717) is 61.8 Å². The number of nitrogens with one attached hydrogen (secondary N) is 2. The van der Waals surface area contributed by atoms with Gasteiger partial charge in [0, 0.05) is 43.1 Å². The number of fused-ring (bicyclic) bond motifs is 1. The third kappa shape index (κ3) is 5.65. The number of carbonyl (C=O) groups is 1. The fourth-order valence-corrected chi connectivity index (χ4v) is 5.75. The van der Waals surface area contributed by atoms with Gasteiger partial charge in [0.2, 0.25) is 0 Å². The molecule has 43 heavy (non-hydrogen) atoms. The molecule has 4 heterocycles. The summed E-state index contributed by atoms with van der Waals surface area (Å²) in [5.41, 5.74) is 4.34. The van der Waals surface area contributed by atoms with Crippen LogP contribution in [0.2, 0.25) is 0 Å². The van der Waals surface area contributed by atoms with Gasteiger partial charge in [0.05, 0.1) is 42.7 Å². The van der Waals surface area contributed by atoms with Gasteiger partial charge in [-0.2, -0.15) is 4.98 Å². The topological polar surface area (TPSA) is 129 Å². The first-order chi connectivity index (χ1) is 20.9. The van der Waals surface area contributed by atoms with Gasteiger partial charge in [-0.25, -0.2) is 4.98 Å². The molecule has 2 aromatic carbocycles. The van der Waals surface area contributed by atoms with E-state index < -0.39 is 5.54 Å². The highest BCUT2D eigenvalue weighted by Gasteiger charge is 2.42. The van der Waals surface area contributed by atoms with Crippen molar-refractivity contribution in [2.75, 3.05) is 55.0 Å². The molecule has 1 atom stereocenters. The van der Waals surface area contributed by atoms with E-state index >= 15 is 0 Å². The lowest BCUT2D eigenvalue weighted by atomic mass is 9.93. The van der Waals surface area contributed by atoms with E-state index in [2.05, 4.69) is 46.5 Å². The number of hydrogen-bond acceptors (Lipinski definition) is 10. The number of anilines is 4. The average molecular weight is 584 g/mol. The first kappa shape index (κ1) is 28.6. The number of hydrogen-bond donors (Lipinski definition) is 3. The predicted molar refractivity (Wildman–Crippen MR) is 165 cm³/mol. The molecule has 11 heteroatoms. The molecule has 1 amide bonds. The first-order valence-electron chi connectivity index (χ1n) is 14.7. The molecule has 3 N–H and O–H groups in total. The quantitative estimate of drug-likeness (QED) is 0.236. The standard InChI is InChI=1S/C32H37N7O4/c1-4-12-39-30(41)23-11-10-22(17-25(23)32(39,2)3)34-28-18-26(35-27(20-40)21-8-6-5-7-9-21)24(19-33-28)29-36-31(37-43-29)38-13-15-42-16-14-38/h5-11,17-19,27,40H,4,12-16,20H2,1-3H3,(H2,33,34,35)/t27-/m1/s1. The maximum atomic E-state index is 13.1. The summed E-state index contributed by atoms with van der Waals surface area (Å²) in [6, 6.07) is 17.0. The Morgan fingerprint density at radius 2 is 1.86 bits per heavy atom. The van der Waals surface area contributed by atoms with Gasteiger partial charge in [-0.3, -0.25) is 4.79 Å². The van der Waals surface area contributed by atoms with Crippen molar-refractivity contribution in [2.45, 2.75) is 38.8 Å². The zero-order valence-corrected chi connectivity index (χ0v) is 24.7. The second kappa shape index (κ2) is 12.0. The van der Waals surface area contributed by atoms with Crippen molar-refractivity contribution < 1.29 is 19.2 Å². The number of carbonyl (C=O) groups excluding carboxylic acids is 1. The molecule has 1 saturated heterocycles. The molecule has 0 radical (unpaired) electrons. The highest BCUT2D eigenvalue weighted by molar-refractivity contribution is 6.00. The van der Waals surface area contributed by atoms with Gasteiger partial charge in [-0.15, -0.1) is 0 Å². The van der Waals surface area contributed by atoms with Crippen LogP contribution in [0.15, 0.2) is 65.3 Å². The number of aliphatic hydroxyl groups excluding tert-OH is 1. The number of ether oxygens (including phenoxy) is 1. The molecule has 0 spiro atoms. The highest BCUT2D eigenvalue weighted by atomic mass is 16.5. The monoisotopic (exact) mass is 583 g/mol. The molecule has 2 aromatic heterocycles. The van der Waals surface area contributed by atoms with Crippen LogP contribution in [0.25, 0.3) is 11.5 Å². The van der Waals surface area contributed by atoms with E-state index in [4.69, 9.17) is 9.26 Å². The van der Waals surface area contributed by atoms with E-state index in [9.17, 15) is 9.90 Å². The molecule has 0 saturated carbocycles. The predicted octanol–water partition coefficient (Wildman–Crippen LogP) is 4.96. The van der Waals surface area contributed by atoms with Gasteiger partial charge in [0.15, 0.2) is 0 Å². The minimum absolute atomic E-state index is 0.0642. The number of morpholine rings is 1. The summed E-state index contributed by atoms with van der Waals surface area (Å²) in [6.45, 7) is 9.42. The van der Waals surface area contributed by atoms with Crippen LogP contribution >= 0.6 is 0 Å². The summed E-state index contributed by atoms with van der Waals surface area (Å²) in [5, 5.41) is 21.4. The molecular formula is C32H37N7O4. The van der Waals surface area contributed by atoms with Crippen molar-refractivity contribution >= 4 is 29.0 Å². The highest BCUT2D eigenvalue weighted by Crippen LogP contribution is 2.40. The van der Waals surface area contributed by atoms with E-state index in [0.717, 1.165) is 28.8 Å². The molecular weight excluding hydrogens is 546 g/mol. The summed E-state index contributed by atoms with van der Waals surface area (Å²) < 4.78 is 11.1. The van der Waals surface area contributed by atoms with Gasteiger partial charge >= 0.3 is 0 Å². The van der Waals surface area contributed by atoms with Crippen LogP contribution in [0.1, 0.15) is 54.7 Å². The Balaban J connectivity index is 1.33. The Labute approximate surface area is 250 Å².